The first-order valence-corrected chi connectivity index (χ1v) is 6.07. The van der Waals surface area contributed by atoms with E-state index in [-0.39, 0.29) is 12.1 Å². The van der Waals surface area contributed by atoms with Crippen molar-refractivity contribution >= 4 is 11.7 Å². The molecule has 2 unspecified atom stereocenters. The highest BCUT2D eigenvalue weighted by molar-refractivity contribution is 5.87. The molecule has 0 heterocycles. The third-order valence-corrected chi connectivity index (χ3v) is 2.69. The fraction of sp³-hybridized carbons (Fsp3) is 0.462. The molecule has 0 aliphatic carbocycles. The van der Waals surface area contributed by atoms with E-state index in [4.69, 9.17) is 10.8 Å². The lowest BCUT2D eigenvalue weighted by Crippen LogP contribution is -2.22. The number of anilines is 1. The second-order valence-electron chi connectivity index (χ2n) is 4.42. The van der Waals surface area contributed by atoms with Gasteiger partial charge in [-0.2, -0.15) is 0 Å². The van der Waals surface area contributed by atoms with Gasteiger partial charge in [0, 0.05) is 11.7 Å². The number of primary amides is 1. The van der Waals surface area contributed by atoms with Gasteiger partial charge in [0.1, 0.15) is 0 Å². The molecule has 0 saturated heterocycles. The van der Waals surface area contributed by atoms with Gasteiger partial charge in [0.2, 0.25) is 0 Å². The number of nitrogens with two attached hydrogens (primary N) is 1. The van der Waals surface area contributed by atoms with Crippen molar-refractivity contribution in [1.29, 1.82) is 0 Å². The van der Waals surface area contributed by atoms with E-state index in [1.807, 2.05) is 24.3 Å². The summed E-state index contributed by atoms with van der Waals surface area (Å²) in [6, 6.07) is 7.13. The minimum Gasteiger partial charge on any atom is -0.393 e. The predicted octanol–water partition coefficient (Wildman–Crippen LogP) is 1.60. The van der Waals surface area contributed by atoms with Crippen molar-refractivity contribution in [3.63, 3.8) is 0 Å². The summed E-state index contributed by atoms with van der Waals surface area (Å²) in [6.45, 7) is 4.59. The van der Waals surface area contributed by atoms with Crippen LogP contribution in [0.1, 0.15) is 31.9 Å². The van der Waals surface area contributed by atoms with Crippen LogP contribution in [0, 0.1) is 0 Å². The lowest BCUT2D eigenvalue weighted by Gasteiger charge is -2.15. The average molecular weight is 251 g/mol. The summed E-state index contributed by atoms with van der Waals surface area (Å²) < 4.78 is 0. The molecule has 5 nitrogen and oxygen atoms in total. The number of benzene rings is 1. The molecule has 2 atom stereocenters. The van der Waals surface area contributed by atoms with Gasteiger partial charge in [-0.1, -0.05) is 12.1 Å². The Hall–Kier alpha value is -1.59. The van der Waals surface area contributed by atoms with E-state index in [1.165, 1.54) is 0 Å². The summed E-state index contributed by atoms with van der Waals surface area (Å²) in [5.41, 5.74) is 6.83. The first-order valence-electron chi connectivity index (χ1n) is 6.07. The monoisotopic (exact) mass is 251 g/mol. The molecule has 1 rings (SSSR count). The Kier molecular flexibility index (Phi) is 5.61. The molecule has 100 valence electrons. The van der Waals surface area contributed by atoms with Crippen molar-refractivity contribution in [2.75, 3.05) is 11.9 Å². The van der Waals surface area contributed by atoms with Crippen LogP contribution in [-0.4, -0.2) is 23.8 Å². The zero-order valence-electron chi connectivity index (χ0n) is 10.8. The minimum atomic E-state index is -0.564. The van der Waals surface area contributed by atoms with Crippen LogP contribution in [0.4, 0.5) is 10.5 Å². The summed E-state index contributed by atoms with van der Waals surface area (Å²) in [5, 5.41) is 15.0. The number of aliphatic hydroxyl groups is 1. The Morgan fingerprint density at radius 1 is 1.33 bits per heavy atom. The van der Waals surface area contributed by atoms with Crippen LogP contribution in [0.25, 0.3) is 0 Å². The standard InChI is InChI=1S/C13H21N3O2/c1-9(17)7-8-15-10(2)11-3-5-12(6-4-11)16-13(14)18/h3-6,9-10,15,17H,7-8H2,1-2H3,(H3,14,16,18). The van der Waals surface area contributed by atoms with Gasteiger partial charge in [-0.15, -0.1) is 0 Å². The summed E-state index contributed by atoms with van der Waals surface area (Å²) in [5.74, 6) is 0. The number of carbonyl (C=O) groups excluding carboxylic acids is 1. The molecule has 0 bridgehead atoms. The summed E-state index contributed by atoms with van der Waals surface area (Å²) in [4.78, 5) is 10.7. The Morgan fingerprint density at radius 3 is 2.44 bits per heavy atom. The molecule has 0 saturated carbocycles. The van der Waals surface area contributed by atoms with E-state index < -0.39 is 6.03 Å². The van der Waals surface area contributed by atoms with Crippen LogP contribution < -0.4 is 16.4 Å². The number of aliphatic hydroxyl groups excluding tert-OH is 1. The molecule has 18 heavy (non-hydrogen) atoms. The van der Waals surface area contributed by atoms with Crippen LogP contribution >= 0.6 is 0 Å². The van der Waals surface area contributed by atoms with Gasteiger partial charge in [-0.05, 0) is 44.5 Å². The molecule has 0 aromatic heterocycles. The van der Waals surface area contributed by atoms with Gasteiger partial charge < -0.3 is 21.5 Å². The number of urea groups is 1. The van der Waals surface area contributed by atoms with E-state index in [2.05, 4.69) is 17.6 Å². The Morgan fingerprint density at radius 2 is 1.94 bits per heavy atom. The molecule has 1 aromatic carbocycles. The molecule has 1 aromatic rings. The van der Waals surface area contributed by atoms with Crippen molar-refractivity contribution in [2.24, 2.45) is 5.73 Å². The molecule has 5 heteroatoms. The van der Waals surface area contributed by atoms with Crippen molar-refractivity contribution in [2.45, 2.75) is 32.4 Å². The van der Waals surface area contributed by atoms with Crippen molar-refractivity contribution in [1.82, 2.24) is 5.32 Å². The van der Waals surface area contributed by atoms with E-state index in [0.717, 1.165) is 18.5 Å². The van der Waals surface area contributed by atoms with Gasteiger partial charge in [0.15, 0.2) is 0 Å². The summed E-state index contributed by atoms with van der Waals surface area (Å²) in [6.07, 6.45) is 0.443. The highest BCUT2D eigenvalue weighted by Gasteiger charge is 2.05. The van der Waals surface area contributed by atoms with Crippen LogP contribution in [-0.2, 0) is 0 Å². The van der Waals surface area contributed by atoms with Crippen LogP contribution in [0.3, 0.4) is 0 Å². The topological polar surface area (TPSA) is 87.4 Å². The molecule has 0 aliphatic rings. The van der Waals surface area contributed by atoms with E-state index in [0.29, 0.717) is 5.69 Å². The number of hydrogen-bond acceptors (Lipinski definition) is 3. The molecule has 0 spiro atoms. The van der Waals surface area contributed by atoms with Crippen LogP contribution in [0.5, 0.6) is 0 Å². The normalized spacial score (nSPS) is 13.9. The number of hydrogen-bond donors (Lipinski definition) is 4. The van der Waals surface area contributed by atoms with Gasteiger partial charge in [0.05, 0.1) is 6.10 Å². The zero-order chi connectivity index (χ0) is 13.5. The molecular formula is C13H21N3O2. The SMILES string of the molecule is CC(O)CCNC(C)c1ccc(NC(N)=O)cc1. The number of amides is 2. The van der Waals surface area contributed by atoms with Crippen LogP contribution in [0.2, 0.25) is 0 Å². The lowest BCUT2D eigenvalue weighted by atomic mass is 10.1. The smallest absolute Gasteiger partial charge is 0.316 e. The summed E-state index contributed by atoms with van der Waals surface area (Å²) >= 11 is 0. The molecule has 0 aliphatic heterocycles. The fourth-order valence-electron chi connectivity index (χ4n) is 1.62. The van der Waals surface area contributed by atoms with Gasteiger partial charge >= 0.3 is 6.03 Å². The molecule has 5 N–H and O–H groups in total. The maximum atomic E-state index is 10.7. The largest absolute Gasteiger partial charge is 0.393 e. The molecule has 0 fully saturated rings. The predicted molar refractivity (Wildman–Crippen MR) is 72.4 cm³/mol. The minimum absolute atomic E-state index is 0.200. The zero-order valence-corrected chi connectivity index (χ0v) is 10.8. The molecule has 0 radical (unpaired) electrons. The Labute approximate surface area is 107 Å². The van der Waals surface area contributed by atoms with Crippen molar-refractivity contribution in [3.05, 3.63) is 29.8 Å². The van der Waals surface area contributed by atoms with Gasteiger partial charge in [-0.3, -0.25) is 0 Å². The fourth-order valence-corrected chi connectivity index (χ4v) is 1.62. The highest BCUT2D eigenvalue weighted by Crippen LogP contribution is 2.15. The quantitative estimate of drug-likeness (QED) is 0.619. The van der Waals surface area contributed by atoms with Crippen molar-refractivity contribution in [3.8, 4) is 0 Å². The summed E-state index contributed by atoms with van der Waals surface area (Å²) in [7, 11) is 0. The number of carbonyl (C=O) groups is 1. The molecule has 2 amide bonds. The Bertz CT molecular complexity index is 376. The maximum Gasteiger partial charge on any atom is 0.316 e. The van der Waals surface area contributed by atoms with E-state index in [9.17, 15) is 4.79 Å². The lowest BCUT2D eigenvalue weighted by molar-refractivity contribution is 0.182. The number of rotatable bonds is 6. The second kappa shape index (κ2) is 6.98. The van der Waals surface area contributed by atoms with Crippen molar-refractivity contribution < 1.29 is 9.90 Å². The first kappa shape index (κ1) is 14.5. The third kappa shape index (κ3) is 5.16. The van der Waals surface area contributed by atoms with E-state index >= 15 is 0 Å². The van der Waals surface area contributed by atoms with Crippen LogP contribution in [0.15, 0.2) is 24.3 Å². The van der Waals surface area contributed by atoms with E-state index in [1.54, 1.807) is 6.92 Å². The molecular weight excluding hydrogens is 230 g/mol. The maximum absolute atomic E-state index is 10.7. The second-order valence-corrected chi connectivity index (χ2v) is 4.42. The third-order valence-electron chi connectivity index (χ3n) is 2.69. The van der Waals surface area contributed by atoms with Gasteiger partial charge in [0.25, 0.3) is 0 Å². The van der Waals surface area contributed by atoms with Gasteiger partial charge in [-0.25, -0.2) is 4.79 Å². The first-order chi connectivity index (χ1) is 8.49. The highest BCUT2D eigenvalue weighted by atomic mass is 16.3. The Balaban J connectivity index is 2.48. The number of nitrogens with one attached hydrogen (secondary N) is 2. The average Bonchev–Trinajstić information content (AvgIpc) is 2.28.